The molecule has 0 bridgehead atoms. The van der Waals surface area contributed by atoms with Crippen molar-refractivity contribution in [2.24, 2.45) is 11.8 Å². The smallest absolute Gasteiger partial charge is 0.407 e. The number of nitrogens with one attached hydrogen (secondary N) is 5. The van der Waals surface area contributed by atoms with Gasteiger partial charge < -0.3 is 26.0 Å². The number of aryl methyl sites for hydroxylation is 1. The molecular formula is C41H50N8O5. The van der Waals surface area contributed by atoms with E-state index in [0.29, 0.717) is 36.5 Å². The van der Waals surface area contributed by atoms with E-state index in [2.05, 4.69) is 41.9 Å². The average Bonchev–Trinajstić information content (AvgIpc) is 3.67. The standard InChI is InChI=1S/C41H50N8O5/c1-25-22-31(38(51)43-32-6-5-7-32)18-21-34(25)28-12-8-26(9-13-28)23-35(39(52)44-33-19-16-29(17-20-33)36-46-48-49-47-36)45-37(50)30-14-10-27(11-15-30)24-42-40(53)54-41(2,3)4/h8-9,12-13,16-22,27,30,32,35H,5-7,10-11,14-15,23-24H2,1-4H3,(H,42,53)(H,43,51)(H,44,52)(H,45,50)(H,46,47,48,49). The summed E-state index contributed by atoms with van der Waals surface area (Å²) in [5.74, 6) is -0.0774. The lowest BCUT2D eigenvalue weighted by atomic mass is 9.81. The summed E-state index contributed by atoms with van der Waals surface area (Å²) in [6.07, 6.45) is 5.96. The normalized spacial score (nSPS) is 17.8. The molecule has 4 aromatic rings. The number of carbonyl (C=O) groups excluding carboxylic acids is 4. The highest BCUT2D eigenvalue weighted by molar-refractivity contribution is 5.98. The van der Waals surface area contributed by atoms with Crippen LogP contribution in [-0.2, 0) is 20.7 Å². The van der Waals surface area contributed by atoms with Crippen molar-refractivity contribution in [1.29, 1.82) is 0 Å². The van der Waals surface area contributed by atoms with Crippen molar-refractivity contribution in [3.63, 3.8) is 0 Å². The summed E-state index contributed by atoms with van der Waals surface area (Å²) in [4.78, 5) is 52.3. The van der Waals surface area contributed by atoms with E-state index in [1.165, 1.54) is 0 Å². The van der Waals surface area contributed by atoms with Gasteiger partial charge in [0.05, 0.1) is 0 Å². The van der Waals surface area contributed by atoms with Crippen LogP contribution in [0.2, 0.25) is 0 Å². The molecule has 0 radical (unpaired) electrons. The predicted octanol–water partition coefficient (Wildman–Crippen LogP) is 6.12. The Bertz CT molecular complexity index is 1910. The van der Waals surface area contributed by atoms with Gasteiger partial charge in [0.25, 0.3) is 5.91 Å². The minimum Gasteiger partial charge on any atom is -0.444 e. The molecule has 1 unspecified atom stereocenters. The van der Waals surface area contributed by atoms with Crippen LogP contribution in [0.5, 0.6) is 0 Å². The molecule has 0 aliphatic heterocycles. The van der Waals surface area contributed by atoms with Crippen LogP contribution < -0.4 is 21.3 Å². The number of anilines is 1. The first-order valence-corrected chi connectivity index (χ1v) is 18.8. The Labute approximate surface area is 315 Å². The lowest BCUT2D eigenvalue weighted by Gasteiger charge is -2.29. The van der Waals surface area contributed by atoms with Crippen LogP contribution in [0.4, 0.5) is 10.5 Å². The van der Waals surface area contributed by atoms with Crippen LogP contribution in [0, 0.1) is 18.8 Å². The lowest BCUT2D eigenvalue weighted by molar-refractivity contribution is -0.130. The van der Waals surface area contributed by atoms with Gasteiger partial charge >= 0.3 is 6.09 Å². The second-order valence-electron chi connectivity index (χ2n) is 15.5. The van der Waals surface area contributed by atoms with Gasteiger partial charge in [-0.1, -0.05) is 30.3 Å². The zero-order valence-corrected chi connectivity index (χ0v) is 31.4. The van der Waals surface area contributed by atoms with Crippen LogP contribution in [-0.4, -0.2) is 68.7 Å². The molecule has 2 aliphatic carbocycles. The van der Waals surface area contributed by atoms with E-state index in [1.54, 1.807) is 24.3 Å². The second kappa shape index (κ2) is 17.0. The van der Waals surface area contributed by atoms with E-state index in [4.69, 9.17) is 4.74 Å². The van der Waals surface area contributed by atoms with Crippen LogP contribution in [0.25, 0.3) is 22.5 Å². The Balaban J connectivity index is 1.10. The van der Waals surface area contributed by atoms with E-state index in [9.17, 15) is 19.2 Å². The largest absolute Gasteiger partial charge is 0.444 e. The number of nitrogens with zero attached hydrogens (tertiary/aromatic N) is 3. The number of aromatic nitrogens is 4. The molecule has 2 saturated carbocycles. The molecule has 2 aliphatic rings. The van der Waals surface area contributed by atoms with Gasteiger partial charge in [-0.2, -0.15) is 5.21 Å². The Morgan fingerprint density at radius 1 is 0.889 bits per heavy atom. The maximum atomic E-state index is 13.8. The highest BCUT2D eigenvalue weighted by atomic mass is 16.6. The van der Waals surface area contributed by atoms with Gasteiger partial charge in [0.1, 0.15) is 11.6 Å². The molecule has 0 spiro atoms. The van der Waals surface area contributed by atoms with Crippen LogP contribution in [0.15, 0.2) is 66.7 Å². The minimum atomic E-state index is -0.831. The quantitative estimate of drug-likeness (QED) is 0.115. The highest BCUT2D eigenvalue weighted by Crippen LogP contribution is 2.30. The van der Waals surface area contributed by atoms with Crippen molar-refractivity contribution in [3.05, 3.63) is 83.4 Å². The number of aromatic amines is 1. The van der Waals surface area contributed by atoms with Gasteiger partial charge in [-0.3, -0.25) is 14.4 Å². The molecule has 6 rings (SSSR count). The zero-order valence-electron chi connectivity index (χ0n) is 31.4. The predicted molar refractivity (Wildman–Crippen MR) is 205 cm³/mol. The monoisotopic (exact) mass is 734 g/mol. The van der Waals surface area contributed by atoms with E-state index >= 15 is 0 Å². The molecule has 4 amide bonds. The molecule has 13 nitrogen and oxygen atoms in total. The fraction of sp³-hybridized carbons (Fsp3) is 0.439. The maximum absolute atomic E-state index is 13.8. The van der Waals surface area contributed by atoms with Crippen LogP contribution in [0.3, 0.4) is 0 Å². The zero-order chi connectivity index (χ0) is 38.2. The first-order valence-electron chi connectivity index (χ1n) is 18.8. The Kier molecular flexibility index (Phi) is 12.0. The third-order valence-electron chi connectivity index (χ3n) is 10.2. The molecule has 1 heterocycles. The summed E-state index contributed by atoms with van der Waals surface area (Å²) in [6, 6.07) is 20.3. The molecule has 1 atom stereocenters. The highest BCUT2D eigenvalue weighted by Gasteiger charge is 2.30. The lowest BCUT2D eigenvalue weighted by Crippen LogP contribution is -2.48. The number of carbonyl (C=O) groups is 4. The van der Waals surface area contributed by atoms with Crippen LogP contribution >= 0.6 is 0 Å². The minimum absolute atomic E-state index is 0.0396. The first-order chi connectivity index (χ1) is 25.9. The number of hydrogen-bond donors (Lipinski definition) is 5. The van der Waals surface area contributed by atoms with Gasteiger partial charge in [0, 0.05) is 41.7 Å². The van der Waals surface area contributed by atoms with E-state index in [-0.39, 0.29) is 42.0 Å². The van der Waals surface area contributed by atoms with Gasteiger partial charge in [-0.15, -0.1) is 10.2 Å². The fourth-order valence-electron chi connectivity index (χ4n) is 6.89. The number of amides is 4. The average molecular weight is 735 g/mol. The summed E-state index contributed by atoms with van der Waals surface area (Å²) in [7, 11) is 0. The summed E-state index contributed by atoms with van der Waals surface area (Å²) in [5.41, 5.74) is 5.29. The maximum Gasteiger partial charge on any atom is 0.407 e. The van der Waals surface area contributed by atoms with E-state index in [0.717, 1.165) is 59.9 Å². The molecule has 0 saturated heterocycles. The number of ether oxygens (including phenoxy) is 1. The molecule has 5 N–H and O–H groups in total. The SMILES string of the molecule is Cc1cc(C(=O)NC2CCC2)ccc1-c1ccc(CC(NC(=O)C2CCC(CNC(=O)OC(C)(C)C)CC2)C(=O)Nc2ccc(-c3nn[nH]n3)cc2)cc1. The third-order valence-corrected chi connectivity index (χ3v) is 10.2. The van der Waals surface area contributed by atoms with E-state index < -0.39 is 17.7 Å². The van der Waals surface area contributed by atoms with Crippen molar-refractivity contribution in [1.82, 2.24) is 36.6 Å². The summed E-state index contributed by atoms with van der Waals surface area (Å²) in [5, 5.41) is 26.0. The number of tetrazole rings is 1. The van der Waals surface area contributed by atoms with Crippen molar-refractivity contribution in [3.8, 4) is 22.5 Å². The third kappa shape index (κ3) is 10.3. The number of hydrogen-bond acceptors (Lipinski definition) is 8. The summed E-state index contributed by atoms with van der Waals surface area (Å²) < 4.78 is 5.36. The van der Waals surface area contributed by atoms with Crippen molar-refractivity contribution in [2.75, 3.05) is 11.9 Å². The number of alkyl carbamates (subject to hydrolysis) is 1. The molecule has 13 heteroatoms. The van der Waals surface area contributed by atoms with Crippen LogP contribution in [0.1, 0.15) is 87.2 Å². The molecule has 2 fully saturated rings. The summed E-state index contributed by atoms with van der Waals surface area (Å²) >= 11 is 0. The van der Waals surface area contributed by atoms with Crippen molar-refractivity contribution >= 4 is 29.5 Å². The van der Waals surface area contributed by atoms with Crippen molar-refractivity contribution < 1.29 is 23.9 Å². The molecule has 54 heavy (non-hydrogen) atoms. The Morgan fingerprint density at radius 3 is 2.20 bits per heavy atom. The molecule has 1 aromatic heterocycles. The fourth-order valence-corrected chi connectivity index (χ4v) is 6.89. The topological polar surface area (TPSA) is 180 Å². The van der Waals surface area contributed by atoms with Gasteiger partial charge in [0.2, 0.25) is 17.6 Å². The number of rotatable bonds is 12. The Morgan fingerprint density at radius 2 is 1.59 bits per heavy atom. The first kappa shape index (κ1) is 38.1. The number of benzene rings is 3. The molecular weight excluding hydrogens is 685 g/mol. The summed E-state index contributed by atoms with van der Waals surface area (Å²) in [6.45, 7) is 7.97. The number of H-pyrrole nitrogens is 1. The Hall–Kier alpha value is -5.59. The molecule has 3 aromatic carbocycles. The molecule has 284 valence electrons. The van der Waals surface area contributed by atoms with Gasteiger partial charge in [-0.05, 0) is 142 Å². The van der Waals surface area contributed by atoms with Crippen molar-refractivity contribution in [2.45, 2.75) is 96.7 Å². The van der Waals surface area contributed by atoms with E-state index in [1.807, 2.05) is 70.2 Å². The van der Waals surface area contributed by atoms with Gasteiger partial charge in [0.15, 0.2) is 0 Å². The second-order valence-corrected chi connectivity index (χ2v) is 15.5. The van der Waals surface area contributed by atoms with Gasteiger partial charge in [-0.25, -0.2) is 4.79 Å².